The molecule has 1 aromatic heterocycles. The predicted molar refractivity (Wildman–Crippen MR) is 131 cm³/mol. The third kappa shape index (κ3) is 4.51. The van der Waals surface area contributed by atoms with Crippen molar-refractivity contribution >= 4 is 38.8 Å². The molecule has 1 aromatic carbocycles. The van der Waals surface area contributed by atoms with Crippen molar-refractivity contribution < 1.29 is 22.4 Å². The molecule has 8 nitrogen and oxygen atoms in total. The lowest BCUT2D eigenvalue weighted by Crippen LogP contribution is -2.26. The van der Waals surface area contributed by atoms with Gasteiger partial charge >= 0.3 is 0 Å². The number of sulfonamides is 1. The fourth-order valence-corrected chi connectivity index (χ4v) is 5.23. The molecule has 0 saturated heterocycles. The highest BCUT2D eigenvalue weighted by atomic mass is 32.2. The number of amides is 1. The Morgan fingerprint density at radius 3 is 2.57 bits per heavy atom. The summed E-state index contributed by atoms with van der Waals surface area (Å²) in [6.45, 7) is 0.302. The summed E-state index contributed by atoms with van der Waals surface area (Å²) in [4.78, 5) is 31.4. The number of fused-ring (bicyclic) bond motifs is 1. The highest BCUT2D eigenvalue weighted by molar-refractivity contribution is 7.92. The number of aromatic nitrogens is 1. The van der Waals surface area contributed by atoms with Crippen LogP contribution in [0.2, 0.25) is 0 Å². The zero-order chi connectivity index (χ0) is 25.1. The Kier molecular flexibility index (Phi) is 5.82. The van der Waals surface area contributed by atoms with Crippen LogP contribution in [0, 0.1) is 5.92 Å². The van der Waals surface area contributed by atoms with Crippen LogP contribution in [-0.2, 0) is 27.8 Å². The number of hydrogen-bond donors (Lipinski definition) is 1. The third-order valence-corrected chi connectivity index (χ3v) is 8.47. The summed E-state index contributed by atoms with van der Waals surface area (Å²) >= 11 is 0. The summed E-state index contributed by atoms with van der Waals surface area (Å²) in [6, 6.07) is 7.36. The van der Waals surface area contributed by atoms with Crippen LogP contribution in [0.3, 0.4) is 0 Å². The van der Waals surface area contributed by atoms with Crippen molar-refractivity contribution in [3.63, 3.8) is 0 Å². The molecule has 0 unspecified atom stereocenters. The standard InChI is InChI=1S/C25H29FN4O4S/c1-29-13-21-24(25(29)32)20(10-16(27-21)11-23(31)17-12-18(17)26)28-19-8-7-15(14-5-4-6-14)9-22(19)30(2)35(3,33)34/h7-10,14,17-18H,4-6,11-13H2,1-3H3,(H,27,28)/t17-,18+/m1/s1. The van der Waals surface area contributed by atoms with Crippen molar-refractivity contribution in [3.05, 3.63) is 46.8 Å². The highest BCUT2D eigenvalue weighted by Gasteiger charge is 2.43. The van der Waals surface area contributed by atoms with Crippen LogP contribution < -0.4 is 9.62 Å². The molecular formula is C25H29FN4O4S. The maximum atomic E-state index is 13.4. The van der Waals surface area contributed by atoms with Crippen molar-refractivity contribution in [2.24, 2.45) is 5.92 Å². The first-order valence-electron chi connectivity index (χ1n) is 11.8. The summed E-state index contributed by atoms with van der Waals surface area (Å²) in [6.07, 6.45) is 3.62. The van der Waals surface area contributed by atoms with E-state index in [1.54, 1.807) is 13.1 Å². The first kappa shape index (κ1) is 23.7. The minimum atomic E-state index is -3.54. The van der Waals surface area contributed by atoms with Crippen molar-refractivity contribution in [1.82, 2.24) is 9.88 Å². The van der Waals surface area contributed by atoms with E-state index in [0.717, 1.165) is 31.1 Å². The van der Waals surface area contributed by atoms with E-state index < -0.39 is 22.1 Å². The lowest BCUT2D eigenvalue weighted by atomic mass is 9.80. The van der Waals surface area contributed by atoms with E-state index in [1.165, 1.54) is 16.3 Å². The predicted octanol–water partition coefficient (Wildman–Crippen LogP) is 3.54. The van der Waals surface area contributed by atoms with E-state index in [2.05, 4.69) is 10.3 Å². The molecule has 1 amide bonds. The number of nitrogens with one attached hydrogen (secondary N) is 1. The number of benzene rings is 1. The molecule has 0 radical (unpaired) electrons. The second-order valence-corrected chi connectivity index (χ2v) is 11.9. The van der Waals surface area contributed by atoms with Crippen LogP contribution in [-0.4, -0.2) is 56.5 Å². The van der Waals surface area contributed by atoms with Crippen LogP contribution in [0.5, 0.6) is 0 Å². The topological polar surface area (TPSA) is 99.7 Å². The third-order valence-electron chi connectivity index (χ3n) is 7.28. The molecule has 2 fully saturated rings. The lowest BCUT2D eigenvalue weighted by molar-refractivity contribution is -0.120. The first-order valence-corrected chi connectivity index (χ1v) is 13.7. The summed E-state index contributed by atoms with van der Waals surface area (Å²) in [5.74, 6) is -0.561. The quantitative estimate of drug-likeness (QED) is 0.595. The van der Waals surface area contributed by atoms with Gasteiger partial charge in [-0.1, -0.05) is 12.5 Å². The van der Waals surface area contributed by atoms with Gasteiger partial charge in [-0.3, -0.25) is 18.9 Å². The minimum absolute atomic E-state index is 0.0122. The number of anilines is 3. The summed E-state index contributed by atoms with van der Waals surface area (Å²) in [7, 11) is -0.362. The normalized spacial score (nSPS) is 21.5. The molecule has 3 aliphatic rings. The Hall–Kier alpha value is -3.01. The molecule has 2 aliphatic carbocycles. The average molecular weight is 501 g/mol. The van der Waals surface area contributed by atoms with E-state index in [1.807, 2.05) is 18.2 Å². The van der Waals surface area contributed by atoms with Crippen LogP contribution >= 0.6 is 0 Å². The maximum absolute atomic E-state index is 13.4. The monoisotopic (exact) mass is 500 g/mol. The number of carbonyl (C=O) groups is 2. The van der Waals surface area contributed by atoms with Crippen molar-refractivity contribution in [3.8, 4) is 0 Å². The number of halogens is 1. The van der Waals surface area contributed by atoms with Crippen LogP contribution in [0.1, 0.15) is 58.9 Å². The van der Waals surface area contributed by atoms with Crippen molar-refractivity contribution in [1.29, 1.82) is 0 Å². The molecule has 1 aliphatic heterocycles. The number of pyridine rings is 1. The van der Waals surface area contributed by atoms with E-state index in [9.17, 15) is 22.4 Å². The number of rotatable bonds is 8. The van der Waals surface area contributed by atoms with Gasteiger partial charge in [0.25, 0.3) is 5.91 Å². The van der Waals surface area contributed by atoms with E-state index >= 15 is 0 Å². The van der Waals surface area contributed by atoms with Crippen LogP contribution in [0.15, 0.2) is 24.3 Å². The lowest BCUT2D eigenvalue weighted by Gasteiger charge is -2.28. The Labute approximate surface area is 204 Å². The van der Waals surface area contributed by atoms with E-state index in [0.29, 0.717) is 46.5 Å². The molecule has 5 rings (SSSR count). The van der Waals surface area contributed by atoms with Gasteiger partial charge in [0.15, 0.2) is 0 Å². The Balaban J connectivity index is 1.54. The SMILES string of the molecule is CN1Cc2nc(CC(=O)[C@@H]3C[C@@H]3F)cc(Nc3ccc(C4CCC4)cc3N(C)S(C)(=O)=O)c2C1=O. The molecule has 1 N–H and O–H groups in total. The van der Waals surface area contributed by atoms with Gasteiger partial charge in [-0.15, -0.1) is 0 Å². The average Bonchev–Trinajstić information content (AvgIpc) is 3.41. The van der Waals surface area contributed by atoms with E-state index in [4.69, 9.17) is 0 Å². The maximum Gasteiger partial charge on any atom is 0.257 e. The molecule has 0 spiro atoms. The van der Waals surface area contributed by atoms with Crippen LogP contribution in [0.25, 0.3) is 0 Å². The second kappa shape index (κ2) is 8.58. The molecule has 2 atom stereocenters. The molecule has 10 heteroatoms. The van der Waals surface area contributed by atoms with Crippen molar-refractivity contribution in [2.45, 2.75) is 50.7 Å². The molecule has 2 heterocycles. The fourth-order valence-electron chi connectivity index (χ4n) is 4.73. The van der Waals surface area contributed by atoms with Gasteiger partial charge in [-0.25, -0.2) is 12.8 Å². The molecule has 0 bridgehead atoms. The highest BCUT2D eigenvalue weighted by Crippen LogP contribution is 2.41. The Morgan fingerprint density at radius 1 is 1.26 bits per heavy atom. The smallest absolute Gasteiger partial charge is 0.257 e. The van der Waals surface area contributed by atoms with E-state index in [-0.39, 0.29) is 24.5 Å². The van der Waals surface area contributed by atoms with Gasteiger partial charge in [-0.2, -0.15) is 0 Å². The fraction of sp³-hybridized carbons (Fsp3) is 0.480. The zero-order valence-corrected chi connectivity index (χ0v) is 20.9. The number of nitrogens with zero attached hydrogens (tertiary/aromatic N) is 3. The minimum Gasteiger partial charge on any atom is -0.353 e. The summed E-state index contributed by atoms with van der Waals surface area (Å²) < 4.78 is 39.5. The van der Waals surface area contributed by atoms with Crippen molar-refractivity contribution in [2.75, 3.05) is 30.0 Å². The Morgan fingerprint density at radius 2 is 1.97 bits per heavy atom. The zero-order valence-electron chi connectivity index (χ0n) is 20.0. The molecule has 186 valence electrons. The first-order chi connectivity index (χ1) is 16.5. The molecule has 2 saturated carbocycles. The number of Topliss-reactive ketones (excluding diaryl/α,β-unsaturated/α-hetero) is 1. The molecule has 2 aromatic rings. The van der Waals surface area contributed by atoms with Gasteiger partial charge < -0.3 is 10.2 Å². The molecular weight excluding hydrogens is 471 g/mol. The van der Waals surface area contributed by atoms with Crippen LogP contribution in [0.4, 0.5) is 21.5 Å². The number of carbonyl (C=O) groups excluding carboxylic acids is 2. The van der Waals surface area contributed by atoms with Gasteiger partial charge in [0.2, 0.25) is 10.0 Å². The van der Waals surface area contributed by atoms with Gasteiger partial charge in [0.1, 0.15) is 12.0 Å². The second-order valence-electron chi connectivity index (χ2n) is 9.91. The molecule has 35 heavy (non-hydrogen) atoms. The summed E-state index contributed by atoms with van der Waals surface area (Å²) in [5.41, 5.74) is 3.95. The van der Waals surface area contributed by atoms with Gasteiger partial charge in [-0.05, 0) is 48.9 Å². The summed E-state index contributed by atoms with van der Waals surface area (Å²) in [5, 5.41) is 3.27. The van der Waals surface area contributed by atoms with Gasteiger partial charge in [0, 0.05) is 20.5 Å². The van der Waals surface area contributed by atoms with Gasteiger partial charge in [0.05, 0.1) is 52.7 Å². The number of alkyl halides is 1. The number of hydrogen-bond acceptors (Lipinski definition) is 6. The number of ketones is 1. The Bertz CT molecular complexity index is 1320. The largest absolute Gasteiger partial charge is 0.353 e.